The topological polar surface area (TPSA) is 96.3 Å². The Labute approximate surface area is 135 Å². The van der Waals surface area contributed by atoms with Crippen LogP contribution < -0.4 is 16.2 Å². The van der Waals surface area contributed by atoms with Crippen LogP contribution in [-0.2, 0) is 4.74 Å². The third kappa shape index (κ3) is 3.71. The first-order valence-electron chi connectivity index (χ1n) is 7.04. The van der Waals surface area contributed by atoms with Gasteiger partial charge in [-0.1, -0.05) is 17.9 Å². The highest BCUT2D eigenvalue weighted by Gasteiger charge is 2.12. The fraction of sp³-hybridized carbons (Fsp3) is 0.294. The van der Waals surface area contributed by atoms with Gasteiger partial charge in [-0.15, -0.1) is 0 Å². The molecule has 2 aromatic rings. The van der Waals surface area contributed by atoms with E-state index < -0.39 is 6.10 Å². The van der Waals surface area contributed by atoms with Crippen molar-refractivity contribution in [3.8, 4) is 17.6 Å². The lowest BCUT2D eigenvalue weighted by atomic mass is 10.0. The summed E-state index contributed by atoms with van der Waals surface area (Å²) in [4.78, 5) is 8.02. The van der Waals surface area contributed by atoms with Gasteiger partial charge in [-0.3, -0.25) is 0 Å². The summed E-state index contributed by atoms with van der Waals surface area (Å²) in [6.07, 6.45) is -0.415. The normalized spacial score (nSPS) is 11.5. The van der Waals surface area contributed by atoms with Gasteiger partial charge in [0.1, 0.15) is 17.7 Å². The number of rotatable bonds is 3. The standard InChI is InChI=1S/C17H20N4O2/c1-10-5-6-12(22-3)9-14(10)15(23-4)8-7-13-11(2)20-17(19)21-16(13)18/h5-6,9,15H,1-4H3,(H4,18,19,20,21)/t15-/m0/s1. The molecular formula is C17H20N4O2. The molecule has 0 spiro atoms. The quantitative estimate of drug-likeness (QED) is 0.842. The molecule has 0 saturated heterocycles. The van der Waals surface area contributed by atoms with E-state index in [4.69, 9.17) is 20.9 Å². The zero-order valence-electron chi connectivity index (χ0n) is 13.7. The Balaban J connectivity index is 2.42. The van der Waals surface area contributed by atoms with E-state index >= 15 is 0 Å². The molecule has 1 heterocycles. The summed E-state index contributed by atoms with van der Waals surface area (Å²) in [7, 11) is 3.23. The van der Waals surface area contributed by atoms with Crippen LogP contribution in [0.25, 0.3) is 0 Å². The monoisotopic (exact) mass is 312 g/mol. The zero-order valence-corrected chi connectivity index (χ0v) is 13.7. The molecule has 23 heavy (non-hydrogen) atoms. The summed E-state index contributed by atoms with van der Waals surface area (Å²) in [5.41, 5.74) is 14.6. The van der Waals surface area contributed by atoms with Crippen molar-refractivity contribution in [2.24, 2.45) is 0 Å². The predicted octanol–water partition coefficient (Wildman–Crippen LogP) is 2.01. The Morgan fingerprint density at radius 2 is 1.87 bits per heavy atom. The number of nitrogens with zero attached hydrogens (tertiary/aromatic N) is 2. The van der Waals surface area contributed by atoms with Gasteiger partial charge in [0.2, 0.25) is 5.95 Å². The van der Waals surface area contributed by atoms with Crippen molar-refractivity contribution in [2.75, 3.05) is 25.7 Å². The second-order valence-corrected chi connectivity index (χ2v) is 5.04. The summed E-state index contributed by atoms with van der Waals surface area (Å²) in [5, 5.41) is 0. The van der Waals surface area contributed by atoms with E-state index in [-0.39, 0.29) is 11.8 Å². The average molecular weight is 312 g/mol. The van der Waals surface area contributed by atoms with E-state index in [0.29, 0.717) is 11.3 Å². The average Bonchev–Trinajstić information content (AvgIpc) is 2.51. The largest absolute Gasteiger partial charge is 0.497 e. The molecule has 1 aromatic heterocycles. The lowest BCUT2D eigenvalue weighted by Gasteiger charge is -2.13. The van der Waals surface area contributed by atoms with Crippen LogP contribution in [0.3, 0.4) is 0 Å². The summed E-state index contributed by atoms with van der Waals surface area (Å²) < 4.78 is 10.8. The lowest BCUT2D eigenvalue weighted by molar-refractivity contribution is 0.149. The number of aromatic nitrogens is 2. The predicted molar refractivity (Wildman–Crippen MR) is 90.0 cm³/mol. The van der Waals surface area contributed by atoms with Crippen LogP contribution >= 0.6 is 0 Å². The van der Waals surface area contributed by atoms with E-state index in [1.165, 1.54) is 0 Å². The summed E-state index contributed by atoms with van der Waals surface area (Å²) in [6, 6.07) is 5.77. The van der Waals surface area contributed by atoms with Crippen molar-refractivity contribution in [1.29, 1.82) is 0 Å². The van der Waals surface area contributed by atoms with Gasteiger partial charge in [-0.05, 0) is 37.1 Å². The Morgan fingerprint density at radius 1 is 1.13 bits per heavy atom. The SMILES string of the molecule is COc1ccc(C)c([C@H](C#Cc2c(C)nc(N)nc2N)OC)c1. The highest BCUT2D eigenvalue weighted by Crippen LogP contribution is 2.25. The minimum Gasteiger partial charge on any atom is -0.497 e. The van der Waals surface area contributed by atoms with E-state index in [1.807, 2.05) is 25.1 Å². The number of ether oxygens (including phenoxy) is 2. The minimum absolute atomic E-state index is 0.137. The third-order valence-electron chi connectivity index (χ3n) is 3.47. The first-order chi connectivity index (χ1) is 11.0. The fourth-order valence-corrected chi connectivity index (χ4v) is 2.20. The summed E-state index contributed by atoms with van der Waals surface area (Å²) in [6.45, 7) is 3.78. The van der Waals surface area contributed by atoms with Crippen LogP contribution in [0.1, 0.15) is 28.5 Å². The number of aryl methyl sites for hydroxylation is 2. The first-order valence-corrected chi connectivity index (χ1v) is 7.04. The van der Waals surface area contributed by atoms with Crippen molar-refractivity contribution in [2.45, 2.75) is 20.0 Å². The number of hydrogen-bond acceptors (Lipinski definition) is 6. The molecule has 0 radical (unpaired) electrons. The molecular weight excluding hydrogens is 292 g/mol. The number of benzene rings is 1. The molecule has 0 unspecified atom stereocenters. The second kappa shape index (κ2) is 6.99. The first kappa shape index (κ1) is 16.6. The molecule has 0 bridgehead atoms. The molecule has 0 aliphatic carbocycles. The van der Waals surface area contributed by atoms with Gasteiger partial charge in [0.05, 0.1) is 18.4 Å². The Morgan fingerprint density at radius 3 is 2.48 bits per heavy atom. The van der Waals surface area contributed by atoms with Crippen molar-refractivity contribution in [3.63, 3.8) is 0 Å². The lowest BCUT2D eigenvalue weighted by Crippen LogP contribution is -2.06. The van der Waals surface area contributed by atoms with Gasteiger partial charge >= 0.3 is 0 Å². The van der Waals surface area contributed by atoms with E-state index in [0.717, 1.165) is 16.9 Å². The van der Waals surface area contributed by atoms with Gasteiger partial charge in [-0.2, -0.15) is 4.98 Å². The fourth-order valence-electron chi connectivity index (χ4n) is 2.20. The van der Waals surface area contributed by atoms with Crippen LogP contribution in [0.5, 0.6) is 5.75 Å². The molecule has 0 amide bonds. The third-order valence-corrected chi connectivity index (χ3v) is 3.47. The van der Waals surface area contributed by atoms with Gasteiger partial charge in [0, 0.05) is 7.11 Å². The maximum Gasteiger partial charge on any atom is 0.222 e. The van der Waals surface area contributed by atoms with Crippen LogP contribution in [-0.4, -0.2) is 24.2 Å². The van der Waals surface area contributed by atoms with E-state index in [2.05, 4.69) is 21.8 Å². The Bertz CT molecular complexity index is 755. The molecule has 0 aliphatic rings. The molecule has 6 nitrogen and oxygen atoms in total. The number of nitrogen functional groups attached to an aromatic ring is 2. The van der Waals surface area contributed by atoms with E-state index in [1.54, 1.807) is 21.1 Å². The van der Waals surface area contributed by atoms with Crippen LogP contribution in [0.2, 0.25) is 0 Å². The number of methoxy groups -OCH3 is 2. The van der Waals surface area contributed by atoms with Crippen LogP contribution in [0.15, 0.2) is 18.2 Å². The minimum atomic E-state index is -0.415. The molecule has 0 fully saturated rings. The van der Waals surface area contributed by atoms with E-state index in [9.17, 15) is 0 Å². The summed E-state index contributed by atoms with van der Waals surface area (Å²) >= 11 is 0. The van der Waals surface area contributed by atoms with Gasteiger partial charge in [0.15, 0.2) is 0 Å². The molecule has 6 heteroatoms. The van der Waals surface area contributed by atoms with Crippen molar-refractivity contribution >= 4 is 11.8 Å². The zero-order chi connectivity index (χ0) is 17.0. The van der Waals surface area contributed by atoms with Gasteiger partial charge < -0.3 is 20.9 Å². The van der Waals surface area contributed by atoms with Crippen molar-refractivity contribution in [3.05, 3.63) is 40.6 Å². The van der Waals surface area contributed by atoms with Crippen molar-refractivity contribution < 1.29 is 9.47 Å². The highest BCUT2D eigenvalue weighted by molar-refractivity contribution is 5.55. The Hall–Kier alpha value is -2.78. The number of anilines is 2. The maximum atomic E-state index is 5.87. The van der Waals surface area contributed by atoms with Gasteiger partial charge in [0.25, 0.3) is 0 Å². The summed E-state index contributed by atoms with van der Waals surface area (Å²) in [5.74, 6) is 7.22. The highest BCUT2D eigenvalue weighted by atomic mass is 16.5. The Kier molecular flexibility index (Phi) is 5.04. The molecule has 0 saturated carbocycles. The van der Waals surface area contributed by atoms with Crippen LogP contribution in [0.4, 0.5) is 11.8 Å². The van der Waals surface area contributed by atoms with Crippen LogP contribution in [0, 0.1) is 25.7 Å². The number of nitrogens with two attached hydrogens (primary N) is 2. The second-order valence-electron chi connectivity index (χ2n) is 5.04. The molecule has 120 valence electrons. The van der Waals surface area contributed by atoms with Gasteiger partial charge in [-0.25, -0.2) is 4.98 Å². The maximum absolute atomic E-state index is 5.87. The molecule has 2 rings (SSSR count). The number of hydrogen-bond donors (Lipinski definition) is 2. The van der Waals surface area contributed by atoms with Crippen molar-refractivity contribution in [1.82, 2.24) is 9.97 Å². The molecule has 1 atom stereocenters. The molecule has 1 aromatic carbocycles. The molecule has 0 aliphatic heterocycles. The smallest absolute Gasteiger partial charge is 0.222 e. The molecule has 4 N–H and O–H groups in total.